The number of nitrogens with one attached hydrogen (secondary N) is 1. The number of benzene rings is 1. The van der Waals surface area contributed by atoms with Gasteiger partial charge in [-0.25, -0.2) is 0 Å². The number of ether oxygens (including phenoxy) is 1. The van der Waals surface area contributed by atoms with E-state index >= 15 is 0 Å². The summed E-state index contributed by atoms with van der Waals surface area (Å²) in [5.41, 5.74) is 0. The molecule has 1 aromatic heterocycles. The lowest BCUT2D eigenvalue weighted by molar-refractivity contribution is -0.122. The summed E-state index contributed by atoms with van der Waals surface area (Å²) in [5.74, 6) is 1.26. The Kier molecular flexibility index (Phi) is 5.25. The third kappa shape index (κ3) is 4.22. The van der Waals surface area contributed by atoms with Crippen LogP contribution in [0.1, 0.15) is 19.1 Å². The van der Waals surface area contributed by atoms with Gasteiger partial charge >= 0.3 is 0 Å². The summed E-state index contributed by atoms with van der Waals surface area (Å²) in [4.78, 5) is 12.2. The van der Waals surface area contributed by atoms with Gasteiger partial charge in [0.05, 0.1) is 4.47 Å². The Morgan fingerprint density at radius 3 is 2.86 bits per heavy atom. The van der Waals surface area contributed by atoms with Crippen LogP contribution in [-0.4, -0.2) is 17.2 Å². The molecule has 1 heterocycles. The monoisotopic (exact) mass is 372 g/mol. The average molecular weight is 374 g/mol. The smallest absolute Gasteiger partial charge is 0.266 e. The van der Waals surface area contributed by atoms with E-state index in [1.165, 1.54) is 0 Å². The molecule has 7 heteroatoms. The number of aryl methyl sites for hydroxylation is 1. The zero-order valence-electron chi connectivity index (χ0n) is 11.5. The molecule has 0 fully saturated rings. The molecular weight excluding hydrogens is 360 g/mol. The van der Waals surface area contributed by atoms with Gasteiger partial charge in [-0.3, -0.25) is 4.79 Å². The number of halogens is 2. The summed E-state index contributed by atoms with van der Waals surface area (Å²) >= 11 is 9.23. The predicted octanol–water partition coefficient (Wildman–Crippen LogP) is 4.20. The van der Waals surface area contributed by atoms with E-state index < -0.39 is 6.10 Å². The summed E-state index contributed by atoms with van der Waals surface area (Å²) in [6, 6.07) is 6.77. The van der Waals surface area contributed by atoms with Crippen LogP contribution in [0.5, 0.6) is 5.75 Å². The maximum absolute atomic E-state index is 12.2. The third-order valence-corrected chi connectivity index (χ3v) is 3.56. The highest BCUT2D eigenvalue weighted by Gasteiger charge is 2.20. The molecule has 1 atom stereocenters. The van der Waals surface area contributed by atoms with E-state index in [1.807, 2.05) is 6.92 Å². The molecule has 2 rings (SSSR count). The van der Waals surface area contributed by atoms with Crippen molar-refractivity contribution in [3.8, 4) is 5.75 Å². The quantitative estimate of drug-likeness (QED) is 0.853. The van der Waals surface area contributed by atoms with Crippen molar-refractivity contribution in [2.24, 2.45) is 0 Å². The van der Waals surface area contributed by atoms with Gasteiger partial charge in [-0.2, -0.15) is 0 Å². The van der Waals surface area contributed by atoms with Crippen LogP contribution in [0, 0.1) is 6.92 Å². The molecule has 0 aliphatic carbocycles. The molecule has 1 unspecified atom stereocenters. The number of anilines is 1. The van der Waals surface area contributed by atoms with Crippen LogP contribution in [0.4, 0.5) is 5.82 Å². The second-order valence-corrected chi connectivity index (χ2v) is 5.69. The first-order valence-electron chi connectivity index (χ1n) is 6.35. The van der Waals surface area contributed by atoms with E-state index in [2.05, 4.69) is 26.4 Å². The maximum Gasteiger partial charge on any atom is 0.266 e. The van der Waals surface area contributed by atoms with Crippen LogP contribution in [0.3, 0.4) is 0 Å². The Morgan fingerprint density at radius 1 is 1.52 bits per heavy atom. The van der Waals surface area contributed by atoms with Crippen LogP contribution in [-0.2, 0) is 4.79 Å². The SMILES string of the molecule is CCC(Oc1ccc(Cl)cc1Br)C(=O)Nc1cc(C)on1. The van der Waals surface area contributed by atoms with Crippen molar-refractivity contribution in [3.63, 3.8) is 0 Å². The zero-order valence-corrected chi connectivity index (χ0v) is 13.9. The van der Waals surface area contributed by atoms with E-state index in [0.29, 0.717) is 33.2 Å². The number of carbonyl (C=O) groups excluding carboxylic acids is 1. The molecule has 5 nitrogen and oxygen atoms in total. The fourth-order valence-corrected chi connectivity index (χ4v) is 2.45. The van der Waals surface area contributed by atoms with Gasteiger partial charge in [0.1, 0.15) is 11.5 Å². The highest BCUT2D eigenvalue weighted by atomic mass is 79.9. The predicted molar refractivity (Wildman–Crippen MR) is 83.7 cm³/mol. The minimum Gasteiger partial charge on any atom is -0.479 e. The number of amides is 1. The molecule has 1 aromatic carbocycles. The first kappa shape index (κ1) is 15.9. The highest BCUT2D eigenvalue weighted by molar-refractivity contribution is 9.10. The minimum absolute atomic E-state index is 0.285. The van der Waals surface area contributed by atoms with E-state index in [9.17, 15) is 4.79 Å². The molecule has 0 aliphatic rings. The van der Waals surface area contributed by atoms with Crippen LogP contribution < -0.4 is 10.1 Å². The van der Waals surface area contributed by atoms with Crippen LogP contribution >= 0.6 is 27.5 Å². The molecule has 0 saturated heterocycles. The summed E-state index contributed by atoms with van der Waals surface area (Å²) in [6.45, 7) is 3.61. The summed E-state index contributed by atoms with van der Waals surface area (Å²) in [5, 5.41) is 6.96. The fraction of sp³-hybridized carbons (Fsp3) is 0.286. The molecule has 0 saturated carbocycles. The largest absolute Gasteiger partial charge is 0.479 e. The van der Waals surface area contributed by atoms with Gasteiger partial charge in [0.25, 0.3) is 5.91 Å². The Balaban J connectivity index is 2.06. The molecule has 0 aliphatic heterocycles. The van der Waals surface area contributed by atoms with Gasteiger partial charge in [-0.05, 0) is 47.5 Å². The number of rotatable bonds is 5. The fourth-order valence-electron chi connectivity index (χ4n) is 1.68. The lowest BCUT2D eigenvalue weighted by atomic mass is 10.2. The summed E-state index contributed by atoms with van der Waals surface area (Å²) < 4.78 is 11.3. The Labute approximate surface area is 135 Å². The molecular formula is C14H14BrClN2O3. The second kappa shape index (κ2) is 6.95. The third-order valence-electron chi connectivity index (χ3n) is 2.71. The lowest BCUT2D eigenvalue weighted by Crippen LogP contribution is -2.32. The van der Waals surface area contributed by atoms with Gasteiger partial charge in [0, 0.05) is 11.1 Å². The summed E-state index contributed by atoms with van der Waals surface area (Å²) in [7, 11) is 0. The normalized spacial score (nSPS) is 12.0. The van der Waals surface area contributed by atoms with Crippen molar-refractivity contribution in [1.82, 2.24) is 5.16 Å². The van der Waals surface area contributed by atoms with E-state index in [0.717, 1.165) is 0 Å². The van der Waals surface area contributed by atoms with Crippen molar-refractivity contribution in [3.05, 3.63) is 39.5 Å². The average Bonchev–Trinajstić information content (AvgIpc) is 2.83. The van der Waals surface area contributed by atoms with Gasteiger partial charge in [0.15, 0.2) is 11.9 Å². The second-order valence-electron chi connectivity index (χ2n) is 4.40. The number of hydrogen-bond acceptors (Lipinski definition) is 4. The lowest BCUT2D eigenvalue weighted by Gasteiger charge is -2.17. The van der Waals surface area contributed by atoms with Crippen molar-refractivity contribution in [2.45, 2.75) is 26.4 Å². The Hall–Kier alpha value is -1.53. The number of hydrogen-bond donors (Lipinski definition) is 1. The maximum atomic E-state index is 12.2. The van der Waals surface area contributed by atoms with E-state index in [-0.39, 0.29) is 5.91 Å². The Bertz CT molecular complexity index is 645. The van der Waals surface area contributed by atoms with Gasteiger partial charge < -0.3 is 14.6 Å². The molecule has 0 bridgehead atoms. The molecule has 21 heavy (non-hydrogen) atoms. The standard InChI is InChI=1S/C14H14BrClN2O3/c1-3-11(14(19)17-13-6-8(2)21-18-13)20-12-5-4-9(16)7-10(12)15/h4-7,11H,3H2,1-2H3,(H,17,18,19). The molecule has 0 radical (unpaired) electrons. The number of nitrogens with zero attached hydrogens (tertiary/aromatic N) is 1. The minimum atomic E-state index is -0.639. The van der Waals surface area contributed by atoms with Crippen molar-refractivity contribution in [2.75, 3.05) is 5.32 Å². The van der Waals surface area contributed by atoms with Gasteiger partial charge in [-0.15, -0.1) is 0 Å². The van der Waals surface area contributed by atoms with Crippen LogP contribution in [0.25, 0.3) is 0 Å². The first-order valence-corrected chi connectivity index (χ1v) is 7.52. The van der Waals surface area contributed by atoms with Crippen molar-refractivity contribution >= 4 is 39.3 Å². The number of carbonyl (C=O) groups is 1. The summed E-state index contributed by atoms with van der Waals surface area (Å²) in [6.07, 6.45) is -0.128. The van der Waals surface area contributed by atoms with Crippen molar-refractivity contribution < 1.29 is 14.1 Å². The molecule has 0 spiro atoms. The van der Waals surface area contributed by atoms with Gasteiger partial charge in [-0.1, -0.05) is 23.7 Å². The number of aromatic nitrogens is 1. The highest BCUT2D eigenvalue weighted by Crippen LogP contribution is 2.29. The molecule has 1 N–H and O–H groups in total. The Morgan fingerprint density at radius 2 is 2.29 bits per heavy atom. The molecule has 112 valence electrons. The zero-order chi connectivity index (χ0) is 15.4. The van der Waals surface area contributed by atoms with E-state index in [4.69, 9.17) is 20.9 Å². The van der Waals surface area contributed by atoms with Crippen LogP contribution in [0.15, 0.2) is 33.3 Å². The topological polar surface area (TPSA) is 64.4 Å². The van der Waals surface area contributed by atoms with Crippen molar-refractivity contribution in [1.29, 1.82) is 0 Å². The van der Waals surface area contributed by atoms with Crippen LogP contribution in [0.2, 0.25) is 5.02 Å². The van der Waals surface area contributed by atoms with Gasteiger partial charge in [0.2, 0.25) is 0 Å². The molecule has 1 amide bonds. The molecule has 2 aromatic rings. The van der Waals surface area contributed by atoms with E-state index in [1.54, 1.807) is 31.2 Å². The first-order chi connectivity index (χ1) is 9.99.